The van der Waals surface area contributed by atoms with Gasteiger partial charge < -0.3 is 10.6 Å². The van der Waals surface area contributed by atoms with Crippen LogP contribution in [0.4, 0.5) is 0 Å². The van der Waals surface area contributed by atoms with Crippen molar-refractivity contribution in [1.29, 1.82) is 0 Å². The number of hydrogen-bond acceptors (Lipinski definition) is 2. The molecule has 0 aromatic heterocycles. The average Bonchev–Trinajstić information content (AvgIpc) is 2.59. The molecule has 3 heteroatoms. The Morgan fingerprint density at radius 2 is 2.50 bits per heavy atom. The van der Waals surface area contributed by atoms with Crippen molar-refractivity contribution in [2.45, 2.75) is 32.2 Å². The van der Waals surface area contributed by atoms with Crippen molar-refractivity contribution < 1.29 is 4.79 Å². The van der Waals surface area contributed by atoms with Crippen molar-refractivity contribution in [3.8, 4) is 12.3 Å². The third kappa shape index (κ3) is 3.04. The zero-order valence-electron chi connectivity index (χ0n) is 8.68. The molecule has 0 aliphatic carbocycles. The van der Waals surface area contributed by atoms with Crippen LogP contribution in [0.5, 0.6) is 0 Å². The maximum atomic E-state index is 11.6. The van der Waals surface area contributed by atoms with E-state index >= 15 is 0 Å². The minimum Gasteiger partial charge on any atom is -0.356 e. The Morgan fingerprint density at radius 3 is 3.07 bits per heavy atom. The van der Waals surface area contributed by atoms with Crippen molar-refractivity contribution in [2.24, 2.45) is 5.92 Å². The van der Waals surface area contributed by atoms with Crippen LogP contribution >= 0.6 is 0 Å². The molecule has 1 amide bonds. The Morgan fingerprint density at radius 1 is 1.71 bits per heavy atom. The van der Waals surface area contributed by atoms with Crippen molar-refractivity contribution in [1.82, 2.24) is 10.6 Å². The third-order valence-electron chi connectivity index (χ3n) is 2.66. The maximum Gasteiger partial charge on any atom is 0.224 e. The van der Waals surface area contributed by atoms with Gasteiger partial charge in [0.15, 0.2) is 0 Å². The Hall–Kier alpha value is -1.01. The molecule has 78 valence electrons. The highest BCUT2D eigenvalue weighted by Crippen LogP contribution is 2.14. The molecule has 0 bridgehead atoms. The number of rotatable bonds is 4. The van der Waals surface area contributed by atoms with E-state index < -0.39 is 0 Å². The van der Waals surface area contributed by atoms with Gasteiger partial charge in [-0.1, -0.05) is 0 Å². The van der Waals surface area contributed by atoms with Gasteiger partial charge >= 0.3 is 0 Å². The Kier molecular flexibility index (Phi) is 4.48. The summed E-state index contributed by atoms with van der Waals surface area (Å²) in [6, 6.07) is 0.308. The molecule has 2 atom stereocenters. The van der Waals surface area contributed by atoms with Crippen molar-refractivity contribution in [3.05, 3.63) is 0 Å². The fraction of sp³-hybridized carbons (Fsp3) is 0.727. The fourth-order valence-corrected chi connectivity index (χ4v) is 1.75. The molecule has 1 fully saturated rings. The molecule has 1 saturated heterocycles. The SMILES string of the molecule is C#CCCCNC(=O)C1CCNC1C. The number of carbonyl (C=O) groups excluding carboxylic acids is 1. The van der Waals surface area contributed by atoms with Crippen LogP contribution in [-0.4, -0.2) is 25.0 Å². The predicted octanol–water partition coefficient (Wildman–Crippen LogP) is 0.514. The van der Waals surface area contributed by atoms with Gasteiger partial charge in [0.05, 0.1) is 5.92 Å². The van der Waals surface area contributed by atoms with E-state index in [2.05, 4.69) is 23.5 Å². The summed E-state index contributed by atoms with van der Waals surface area (Å²) in [6.07, 6.45) is 7.67. The zero-order valence-corrected chi connectivity index (χ0v) is 8.68. The van der Waals surface area contributed by atoms with Crippen LogP contribution in [0.2, 0.25) is 0 Å². The van der Waals surface area contributed by atoms with E-state index in [1.165, 1.54) is 0 Å². The van der Waals surface area contributed by atoms with Crippen molar-refractivity contribution in [2.75, 3.05) is 13.1 Å². The molecule has 1 rings (SSSR count). The first kappa shape index (κ1) is 11.1. The first-order valence-corrected chi connectivity index (χ1v) is 5.20. The van der Waals surface area contributed by atoms with E-state index in [4.69, 9.17) is 6.42 Å². The van der Waals surface area contributed by atoms with Gasteiger partial charge in [0, 0.05) is 19.0 Å². The smallest absolute Gasteiger partial charge is 0.224 e. The lowest BCUT2D eigenvalue weighted by atomic mass is 10.0. The average molecular weight is 194 g/mol. The normalized spacial score (nSPS) is 25.7. The molecular formula is C11H18N2O. The number of unbranched alkanes of at least 4 members (excludes halogenated alkanes) is 1. The Balaban J connectivity index is 2.18. The summed E-state index contributed by atoms with van der Waals surface area (Å²) in [5, 5.41) is 6.17. The maximum absolute atomic E-state index is 11.6. The van der Waals surface area contributed by atoms with Gasteiger partial charge in [-0.3, -0.25) is 4.79 Å². The highest BCUT2D eigenvalue weighted by Gasteiger charge is 2.28. The number of hydrogen-bond donors (Lipinski definition) is 2. The standard InChI is InChI=1S/C11H18N2O/c1-3-4-5-7-13-11(14)10-6-8-12-9(10)2/h1,9-10,12H,4-8H2,2H3,(H,13,14). The molecule has 0 aromatic rings. The van der Waals surface area contributed by atoms with Crippen molar-refractivity contribution >= 4 is 5.91 Å². The van der Waals surface area contributed by atoms with Gasteiger partial charge in [-0.2, -0.15) is 0 Å². The van der Waals surface area contributed by atoms with Gasteiger partial charge in [0.25, 0.3) is 0 Å². The molecule has 0 saturated carbocycles. The molecule has 2 N–H and O–H groups in total. The molecule has 1 heterocycles. The Labute approximate surface area is 85.6 Å². The molecule has 1 aliphatic rings. The van der Waals surface area contributed by atoms with Gasteiger partial charge in [0.2, 0.25) is 5.91 Å². The first-order valence-electron chi connectivity index (χ1n) is 5.20. The summed E-state index contributed by atoms with van der Waals surface area (Å²) < 4.78 is 0. The van der Waals surface area contributed by atoms with Crippen molar-refractivity contribution in [3.63, 3.8) is 0 Å². The van der Waals surface area contributed by atoms with Gasteiger partial charge in [-0.15, -0.1) is 12.3 Å². The summed E-state index contributed by atoms with van der Waals surface area (Å²) in [7, 11) is 0. The topological polar surface area (TPSA) is 41.1 Å². The molecule has 2 unspecified atom stereocenters. The lowest BCUT2D eigenvalue weighted by Crippen LogP contribution is -2.37. The minimum atomic E-state index is 0.140. The van der Waals surface area contributed by atoms with Gasteiger partial charge in [0.1, 0.15) is 0 Å². The molecular weight excluding hydrogens is 176 g/mol. The molecule has 14 heavy (non-hydrogen) atoms. The van der Waals surface area contributed by atoms with Crippen LogP contribution in [0.25, 0.3) is 0 Å². The molecule has 0 spiro atoms. The van der Waals surface area contributed by atoms with E-state index in [1.807, 2.05) is 0 Å². The van der Waals surface area contributed by atoms with Crippen LogP contribution < -0.4 is 10.6 Å². The van der Waals surface area contributed by atoms with Gasteiger partial charge in [-0.05, 0) is 26.3 Å². The van der Waals surface area contributed by atoms with Crippen LogP contribution in [0, 0.1) is 18.3 Å². The van der Waals surface area contributed by atoms with E-state index in [0.29, 0.717) is 12.6 Å². The molecule has 3 nitrogen and oxygen atoms in total. The lowest BCUT2D eigenvalue weighted by molar-refractivity contribution is -0.125. The number of terminal acetylenes is 1. The second-order valence-corrected chi connectivity index (χ2v) is 3.74. The molecule has 0 aromatic carbocycles. The van der Waals surface area contributed by atoms with E-state index in [9.17, 15) is 4.79 Å². The number of nitrogens with one attached hydrogen (secondary N) is 2. The second-order valence-electron chi connectivity index (χ2n) is 3.74. The summed E-state index contributed by atoms with van der Waals surface area (Å²) >= 11 is 0. The van der Waals surface area contributed by atoms with E-state index in [0.717, 1.165) is 25.8 Å². The summed E-state index contributed by atoms with van der Waals surface area (Å²) in [5.74, 6) is 2.86. The lowest BCUT2D eigenvalue weighted by Gasteiger charge is -2.14. The minimum absolute atomic E-state index is 0.140. The van der Waals surface area contributed by atoms with Crippen LogP contribution in [-0.2, 0) is 4.79 Å². The third-order valence-corrected chi connectivity index (χ3v) is 2.66. The summed E-state index contributed by atoms with van der Waals surface area (Å²) in [5.41, 5.74) is 0. The van der Waals surface area contributed by atoms with Gasteiger partial charge in [-0.25, -0.2) is 0 Å². The fourth-order valence-electron chi connectivity index (χ4n) is 1.75. The predicted molar refractivity (Wildman–Crippen MR) is 56.6 cm³/mol. The number of amides is 1. The highest BCUT2D eigenvalue weighted by atomic mass is 16.1. The Bertz CT molecular complexity index is 232. The van der Waals surface area contributed by atoms with Crippen LogP contribution in [0.15, 0.2) is 0 Å². The number of carbonyl (C=O) groups is 1. The monoisotopic (exact) mass is 194 g/mol. The van der Waals surface area contributed by atoms with Crippen LogP contribution in [0.3, 0.4) is 0 Å². The second kappa shape index (κ2) is 5.66. The first-order chi connectivity index (χ1) is 6.75. The quantitative estimate of drug-likeness (QED) is 0.506. The zero-order chi connectivity index (χ0) is 10.4. The summed E-state index contributed by atoms with van der Waals surface area (Å²) in [4.78, 5) is 11.6. The van der Waals surface area contributed by atoms with Crippen LogP contribution in [0.1, 0.15) is 26.2 Å². The largest absolute Gasteiger partial charge is 0.356 e. The van der Waals surface area contributed by atoms with E-state index in [1.54, 1.807) is 0 Å². The molecule has 1 aliphatic heterocycles. The molecule has 0 radical (unpaired) electrons. The van der Waals surface area contributed by atoms with E-state index in [-0.39, 0.29) is 11.8 Å². The highest BCUT2D eigenvalue weighted by molar-refractivity contribution is 5.79. The summed E-state index contributed by atoms with van der Waals surface area (Å²) in [6.45, 7) is 3.70.